The monoisotopic (exact) mass is 468 g/mol. The second-order valence-electron chi connectivity index (χ2n) is 7.29. The molecule has 0 aliphatic carbocycles. The Labute approximate surface area is 195 Å². The lowest BCUT2D eigenvalue weighted by atomic mass is 10.1. The van der Waals surface area contributed by atoms with Gasteiger partial charge in [0.15, 0.2) is 0 Å². The van der Waals surface area contributed by atoms with Gasteiger partial charge in [0.2, 0.25) is 5.91 Å². The minimum atomic E-state index is -0.718. The third-order valence-corrected chi connectivity index (χ3v) is 6.95. The van der Waals surface area contributed by atoms with Gasteiger partial charge in [0.25, 0.3) is 5.91 Å². The predicted molar refractivity (Wildman–Crippen MR) is 128 cm³/mol. The summed E-state index contributed by atoms with van der Waals surface area (Å²) in [6.45, 7) is 5.10. The number of nitrogens with two attached hydrogens (primary N) is 1. The van der Waals surface area contributed by atoms with Crippen LogP contribution in [0.2, 0.25) is 0 Å². The molecule has 3 rings (SSSR count). The predicted octanol–water partition coefficient (Wildman–Crippen LogP) is 5.19. The molecule has 1 atom stereocenters. The molecule has 8 heteroatoms. The van der Waals surface area contributed by atoms with Gasteiger partial charge in [-0.2, -0.15) is 0 Å². The largest absolute Gasteiger partial charge is 0.459 e. The second kappa shape index (κ2) is 10.5. The van der Waals surface area contributed by atoms with Gasteiger partial charge in [0.1, 0.15) is 15.1 Å². The fourth-order valence-electron chi connectivity index (χ4n) is 3.07. The normalized spacial score (nSPS) is 11.8. The Morgan fingerprint density at radius 3 is 2.16 bits per heavy atom. The quantitative estimate of drug-likeness (QED) is 0.350. The molecule has 0 radical (unpaired) electrons. The van der Waals surface area contributed by atoms with Gasteiger partial charge in [-0.15, -0.1) is 23.1 Å². The van der Waals surface area contributed by atoms with E-state index in [2.05, 4.69) is 5.32 Å². The lowest BCUT2D eigenvalue weighted by molar-refractivity contribution is -0.115. The lowest BCUT2D eigenvalue weighted by Gasteiger charge is -2.17. The third-order valence-electron chi connectivity index (χ3n) is 4.50. The van der Waals surface area contributed by atoms with Crippen LogP contribution in [-0.2, 0) is 9.53 Å². The van der Waals surface area contributed by atoms with Crippen molar-refractivity contribution in [3.63, 3.8) is 0 Å². The van der Waals surface area contributed by atoms with E-state index in [1.807, 2.05) is 60.7 Å². The van der Waals surface area contributed by atoms with Crippen LogP contribution in [0.15, 0.2) is 65.6 Å². The highest BCUT2D eigenvalue weighted by Gasteiger charge is 2.28. The zero-order valence-electron chi connectivity index (χ0n) is 18.0. The number of rotatable bonds is 8. The molecule has 2 aromatic carbocycles. The zero-order chi connectivity index (χ0) is 23.3. The smallest absolute Gasteiger partial charge is 0.348 e. The Morgan fingerprint density at radius 1 is 1.00 bits per heavy atom. The lowest BCUT2D eigenvalue weighted by Crippen LogP contribution is -2.21. The van der Waals surface area contributed by atoms with Crippen LogP contribution in [0.4, 0.5) is 5.00 Å². The highest BCUT2D eigenvalue weighted by atomic mass is 32.2. The van der Waals surface area contributed by atoms with Crippen LogP contribution in [0.25, 0.3) is 0 Å². The van der Waals surface area contributed by atoms with Crippen molar-refractivity contribution in [3.05, 3.63) is 82.2 Å². The van der Waals surface area contributed by atoms with Gasteiger partial charge in [-0.05, 0) is 44.0 Å². The summed E-state index contributed by atoms with van der Waals surface area (Å²) >= 11 is 2.39. The minimum Gasteiger partial charge on any atom is -0.459 e. The van der Waals surface area contributed by atoms with Gasteiger partial charge >= 0.3 is 5.97 Å². The Kier molecular flexibility index (Phi) is 7.71. The number of nitrogens with one attached hydrogen (secondary N) is 1. The van der Waals surface area contributed by atoms with Gasteiger partial charge in [0.05, 0.1) is 11.7 Å². The maximum atomic E-state index is 13.4. The van der Waals surface area contributed by atoms with Gasteiger partial charge in [-0.25, -0.2) is 4.79 Å². The molecule has 0 fully saturated rings. The fourth-order valence-corrected chi connectivity index (χ4v) is 5.22. The number of carbonyl (C=O) groups excluding carboxylic acids is 3. The number of anilines is 1. The summed E-state index contributed by atoms with van der Waals surface area (Å²) < 4.78 is 5.27. The first-order valence-electron chi connectivity index (χ1n) is 9.99. The molecule has 0 aliphatic rings. The molecule has 0 saturated carbocycles. The molecule has 32 heavy (non-hydrogen) atoms. The molecule has 0 aliphatic heterocycles. The number of amides is 2. The maximum Gasteiger partial charge on any atom is 0.348 e. The van der Waals surface area contributed by atoms with Crippen molar-refractivity contribution in [1.82, 2.24) is 0 Å². The average Bonchev–Trinajstić information content (AvgIpc) is 3.08. The molecule has 1 heterocycles. The van der Waals surface area contributed by atoms with E-state index >= 15 is 0 Å². The van der Waals surface area contributed by atoms with E-state index in [-0.39, 0.29) is 27.5 Å². The van der Waals surface area contributed by atoms with E-state index in [1.54, 1.807) is 20.8 Å². The van der Waals surface area contributed by atoms with Crippen molar-refractivity contribution in [3.8, 4) is 0 Å². The van der Waals surface area contributed by atoms with Gasteiger partial charge in [-0.3, -0.25) is 9.59 Å². The summed E-state index contributed by atoms with van der Waals surface area (Å²) in [5.41, 5.74) is 6.91. The molecule has 3 aromatic rings. The summed E-state index contributed by atoms with van der Waals surface area (Å²) in [5, 5.41) is 2.50. The van der Waals surface area contributed by atoms with Crippen LogP contribution in [0.3, 0.4) is 0 Å². The zero-order valence-corrected chi connectivity index (χ0v) is 19.6. The Balaban J connectivity index is 1.95. The number of carbonyl (C=O) groups is 3. The van der Waals surface area contributed by atoms with Crippen LogP contribution in [-0.4, -0.2) is 23.9 Å². The fraction of sp³-hybridized carbons (Fsp3) is 0.208. The number of benzene rings is 2. The van der Waals surface area contributed by atoms with E-state index in [1.165, 1.54) is 11.8 Å². The molecule has 2 amide bonds. The van der Waals surface area contributed by atoms with Crippen molar-refractivity contribution in [2.75, 3.05) is 5.32 Å². The molecule has 166 valence electrons. The number of thioether (sulfide) groups is 1. The Hall–Kier alpha value is -3.10. The molecule has 6 nitrogen and oxygen atoms in total. The highest BCUT2D eigenvalue weighted by molar-refractivity contribution is 8.00. The van der Waals surface area contributed by atoms with E-state index in [9.17, 15) is 14.4 Å². The number of hydrogen-bond acceptors (Lipinski definition) is 6. The van der Waals surface area contributed by atoms with E-state index < -0.39 is 17.1 Å². The number of esters is 1. The number of primary amides is 1. The van der Waals surface area contributed by atoms with Crippen molar-refractivity contribution < 1.29 is 19.1 Å². The molecule has 3 N–H and O–H groups in total. The molecular weight excluding hydrogens is 444 g/mol. The summed E-state index contributed by atoms with van der Waals surface area (Å²) in [7, 11) is 0. The van der Waals surface area contributed by atoms with Crippen LogP contribution >= 0.6 is 23.1 Å². The van der Waals surface area contributed by atoms with Crippen molar-refractivity contribution >= 4 is 45.9 Å². The first-order chi connectivity index (χ1) is 15.3. The first-order valence-corrected chi connectivity index (χ1v) is 11.7. The van der Waals surface area contributed by atoms with Gasteiger partial charge in [0, 0.05) is 4.90 Å². The molecule has 0 bridgehead atoms. The number of ether oxygens (including phenoxy) is 1. The summed E-state index contributed by atoms with van der Waals surface area (Å²) in [6, 6.07) is 18.9. The minimum absolute atomic E-state index is 0.121. The van der Waals surface area contributed by atoms with Gasteiger partial charge < -0.3 is 15.8 Å². The van der Waals surface area contributed by atoms with Crippen molar-refractivity contribution in [2.45, 2.75) is 37.0 Å². The SMILES string of the molecule is Cc1c(C(=O)OC(C)C)sc(NC(=O)C(Sc2ccccc2)c2ccccc2)c1C(N)=O. The second-order valence-corrected chi connectivity index (χ2v) is 9.49. The summed E-state index contributed by atoms with van der Waals surface area (Å²) in [5.74, 6) is -1.59. The van der Waals surface area contributed by atoms with Crippen LogP contribution in [0.5, 0.6) is 0 Å². The Morgan fingerprint density at radius 2 is 1.59 bits per heavy atom. The number of hydrogen-bond donors (Lipinski definition) is 2. The van der Waals surface area contributed by atoms with Gasteiger partial charge in [-0.1, -0.05) is 48.5 Å². The Bertz CT molecular complexity index is 1110. The van der Waals surface area contributed by atoms with Crippen molar-refractivity contribution in [2.24, 2.45) is 5.73 Å². The summed E-state index contributed by atoms with van der Waals surface area (Å²) in [6.07, 6.45) is -0.316. The number of thiophene rings is 1. The van der Waals surface area contributed by atoms with E-state index in [0.717, 1.165) is 21.8 Å². The average molecular weight is 469 g/mol. The molecule has 0 saturated heterocycles. The molecule has 1 unspecified atom stereocenters. The summed E-state index contributed by atoms with van der Waals surface area (Å²) in [4.78, 5) is 39.1. The van der Waals surface area contributed by atoms with Crippen molar-refractivity contribution in [1.29, 1.82) is 0 Å². The maximum absolute atomic E-state index is 13.4. The first kappa shape index (κ1) is 23.6. The molecule has 1 aromatic heterocycles. The molecular formula is C24H24N2O4S2. The standard InChI is InChI=1S/C24H24N2O4S2/c1-14(2)30-24(29)19-15(3)18(21(25)27)23(32-19)26-22(28)20(16-10-6-4-7-11-16)31-17-12-8-5-9-13-17/h4-14,20H,1-3H3,(H2,25,27)(H,26,28). The highest BCUT2D eigenvalue weighted by Crippen LogP contribution is 2.39. The van der Waals surface area contributed by atoms with Crippen LogP contribution in [0, 0.1) is 6.92 Å². The third kappa shape index (κ3) is 5.57. The van der Waals surface area contributed by atoms with E-state index in [4.69, 9.17) is 10.5 Å². The van der Waals surface area contributed by atoms with Crippen LogP contribution in [0.1, 0.15) is 50.3 Å². The van der Waals surface area contributed by atoms with E-state index in [0.29, 0.717) is 5.56 Å². The molecule has 0 spiro atoms. The topological polar surface area (TPSA) is 98.5 Å². The van der Waals surface area contributed by atoms with Crippen LogP contribution < -0.4 is 11.1 Å².